The topological polar surface area (TPSA) is 61.8 Å². The molecule has 1 atom stereocenters. The summed E-state index contributed by atoms with van der Waals surface area (Å²) in [6, 6.07) is 9.23. The van der Waals surface area contributed by atoms with Crippen LogP contribution in [0.15, 0.2) is 24.3 Å². The van der Waals surface area contributed by atoms with Crippen LogP contribution < -0.4 is 10.2 Å². The van der Waals surface area contributed by atoms with Gasteiger partial charge in [-0.1, -0.05) is 12.1 Å². The normalized spacial score (nSPS) is 26.0. The Hall–Kier alpha value is -1.59. The summed E-state index contributed by atoms with van der Waals surface area (Å²) >= 11 is 0. The Morgan fingerprint density at radius 1 is 1.21 bits per heavy atom. The van der Waals surface area contributed by atoms with Crippen LogP contribution in [0.5, 0.6) is 0 Å². The van der Waals surface area contributed by atoms with E-state index >= 15 is 0 Å². The number of carboxylic acids is 1. The number of benzene rings is 1. The number of aliphatic carboxylic acids is 1. The molecule has 1 saturated carbocycles. The van der Waals surface area contributed by atoms with E-state index in [0.29, 0.717) is 6.04 Å². The van der Waals surface area contributed by atoms with Crippen LogP contribution in [0.3, 0.4) is 0 Å². The molecule has 1 aliphatic carbocycles. The van der Waals surface area contributed by atoms with E-state index in [1.807, 2.05) is 24.3 Å². The Morgan fingerprint density at radius 3 is 2.54 bits per heavy atom. The van der Waals surface area contributed by atoms with E-state index in [0.717, 1.165) is 50.6 Å². The molecule has 1 aromatic rings. The number of carbonyl (C=O) groups is 1. The van der Waals surface area contributed by atoms with Gasteiger partial charge in [0.1, 0.15) is 0 Å². The fourth-order valence-electron chi connectivity index (χ4n) is 4.05. The lowest BCUT2D eigenvalue weighted by molar-refractivity contribution is -0.136. The molecule has 5 heteroatoms. The van der Waals surface area contributed by atoms with Gasteiger partial charge in [0.15, 0.2) is 0 Å². The quantitative estimate of drug-likeness (QED) is 0.867. The third kappa shape index (κ3) is 3.57. The van der Waals surface area contributed by atoms with Gasteiger partial charge in [0.2, 0.25) is 0 Å². The smallest absolute Gasteiger partial charge is 0.307 e. The monoisotopic (exact) mass is 330 g/mol. The van der Waals surface area contributed by atoms with Crippen LogP contribution in [0.4, 0.5) is 5.69 Å². The van der Waals surface area contributed by atoms with E-state index < -0.39 is 5.97 Å². The van der Waals surface area contributed by atoms with E-state index in [4.69, 9.17) is 9.84 Å². The van der Waals surface area contributed by atoms with Gasteiger partial charge >= 0.3 is 5.97 Å². The fourth-order valence-corrected chi connectivity index (χ4v) is 4.05. The molecule has 1 unspecified atom stereocenters. The Labute approximate surface area is 143 Å². The molecule has 3 fully saturated rings. The zero-order valence-electron chi connectivity index (χ0n) is 14.0. The number of nitrogens with one attached hydrogen (secondary N) is 1. The van der Waals surface area contributed by atoms with Gasteiger partial charge in [-0.3, -0.25) is 4.79 Å². The summed E-state index contributed by atoms with van der Waals surface area (Å²) in [7, 11) is 0. The van der Waals surface area contributed by atoms with Gasteiger partial charge in [-0.05, 0) is 49.8 Å². The molecule has 1 aromatic carbocycles. The Kier molecular flexibility index (Phi) is 4.22. The van der Waals surface area contributed by atoms with Crippen molar-refractivity contribution in [3.63, 3.8) is 0 Å². The van der Waals surface area contributed by atoms with Crippen molar-refractivity contribution in [3.05, 3.63) is 29.8 Å². The summed E-state index contributed by atoms with van der Waals surface area (Å²) in [4.78, 5) is 13.2. The van der Waals surface area contributed by atoms with Crippen molar-refractivity contribution < 1.29 is 14.6 Å². The van der Waals surface area contributed by atoms with Crippen molar-refractivity contribution in [2.75, 3.05) is 24.6 Å². The lowest BCUT2D eigenvalue weighted by Gasteiger charge is -2.39. The Balaban J connectivity index is 1.31. The molecule has 2 saturated heterocycles. The minimum atomic E-state index is -0.782. The van der Waals surface area contributed by atoms with Crippen LogP contribution >= 0.6 is 0 Å². The minimum Gasteiger partial charge on any atom is -0.481 e. The highest BCUT2D eigenvalue weighted by atomic mass is 16.5. The van der Waals surface area contributed by atoms with Crippen molar-refractivity contribution in [3.8, 4) is 0 Å². The second-order valence-corrected chi connectivity index (χ2v) is 7.56. The number of anilines is 1. The van der Waals surface area contributed by atoms with Crippen molar-refractivity contribution in [1.29, 1.82) is 0 Å². The molecule has 2 N–H and O–H groups in total. The average Bonchev–Trinajstić information content (AvgIpc) is 3.30. The molecule has 3 aliphatic rings. The molecular formula is C19H26N2O3. The third-order valence-electron chi connectivity index (χ3n) is 5.59. The molecule has 2 aliphatic heterocycles. The van der Waals surface area contributed by atoms with Crippen LogP contribution in [0.2, 0.25) is 0 Å². The van der Waals surface area contributed by atoms with Crippen molar-refractivity contribution in [1.82, 2.24) is 5.32 Å². The zero-order chi connectivity index (χ0) is 16.6. The Morgan fingerprint density at radius 2 is 1.92 bits per heavy atom. The molecule has 5 nitrogen and oxygen atoms in total. The van der Waals surface area contributed by atoms with Gasteiger partial charge < -0.3 is 20.1 Å². The maximum absolute atomic E-state index is 10.8. The number of nitrogens with zero attached hydrogens (tertiary/aromatic N) is 1. The highest BCUT2D eigenvalue weighted by molar-refractivity contribution is 5.70. The van der Waals surface area contributed by atoms with Crippen LogP contribution in [0.1, 0.15) is 37.7 Å². The van der Waals surface area contributed by atoms with E-state index in [-0.39, 0.29) is 12.0 Å². The molecule has 0 radical (unpaired) electrons. The zero-order valence-corrected chi connectivity index (χ0v) is 14.0. The number of piperidine rings is 1. The molecule has 0 aromatic heterocycles. The first kappa shape index (κ1) is 15.9. The van der Waals surface area contributed by atoms with Gasteiger partial charge in [-0.2, -0.15) is 0 Å². The minimum absolute atomic E-state index is 0.0757. The van der Waals surface area contributed by atoms with E-state index in [1.54, 1.807) is 0 Å². The van der Waals surface area contributed by atoms with E-state index in [2.05, 4.69) is 10.2 Å². The molecule has 2 heterocycles. The average molecular weight is 330 g/mol. The first-order valence-corrected chi connectivity index (χ1v) is 9.08. The predicted octanol–water partition coefficient (Wildman–Crippen LogP) is 2.19. The summed E-state index contributed by atoms with van der Waals surface area (Å²) in [5.41, 5.74) is 2.12. The maximum Gasteiger partial charge on any atom is 0.307 e. The van der Waals surface area contributed by atoms with Gasteiger partial charge in [0, 0.05) is 30.9 Å². The highest BCUT2D eigenvalue weighted by Crippen LogP contribution is 2.38. The van der Waals surface area contributed by atoms with Gasteiger partial charge in [-0.15, -0.1) is 0 Å². The number of hydrogen-bond donors (Lipinski definition) is 2. The first-order valence-electron chi connectivity index (χ1n) is 9.08. The van der Waals surface area contributed by atoms with Gasteiger partial charge in [0.05, 0.1) is 18.6 Å². The van der Waals surface area contributed by atoms with Crippen molar-refractivity contribution >= 4 is 11.7 Å². The number of ether oxygens (including phenoxy) is 1. The lowest BCUT2D eigenvalue weighted by Crippen LogP contribution is -2.45. The molecule has 130 valence electrons. The first-order chi connectivity index (χ1) is 11.6. The lowest BCUT2D eigenvalue weighted by atomic mass is 9.87. The number of carboxylic acid groups (broad SMARTS) is 1. The maximum atomic E-state index is 10.8. The molecule has 4 rings (SSSR count). The fraction of sp³-hybridized carbons (Fsp3) is 0.632. The standard InChI is InChI=1S/C19H26N2O3/c22-18(23)11-14-1-5-17(6-2-14)21-9-7-19(8-10-21)12-16(13-24-19)20-15-3-4-15/h1-2,5-6,15-16,20H,3-4,7-13H2,(H,22,23). The van der Waals surface area contributed by atoms with Crippen LogP contribution in [-0.2, 0) is 16.0 Å². The van der Waals surface area contributed by atoms with Crippen LogP contribution in [-0.4, -0.2) is 48.5 Å². The summed E-state index contributed by atoms with van der Waals surface area (Å²) in [6.07, 6.45) is 6.05. The van der Waals surface area contributed by atoms with Crippen molar-refractivity contribution in [2.24, 2.45) is 0 Å². The van der Waals surface area contributed by atoms with Gasteiger partial charge in [0.25, 0.3) is 0 Å². The summed E-state index contributed by atoms with van der Waals surface area (Å²) in [5.74, 6) is -0.782. The molecule has 0 bridgehead atoms. The third-order valence-corrected chi connectivity index (χ3v) is 5.59. The number of rotatable bonds is 5. The summed E-state index contributed by atoms with van der Waals surface area (Å²) in [5, 5.41) is 12.6. The van der Waals surface area contributed by atoms with E-state index in [1.165, 1.54) is 18.5 Å². The summed E-state index contributed by atoms with van der Waals surface area (Å²) in [6.45, 7) is 2.88. The largest absolute Gasteiger partial charge is 0.481 e. The number of hydrogen-bond acceptors (Lipinski definition) is 4. The predicted molar refractivity (Wildman–Crippen MR) is 92.5 cm³/mol. The molecule has 24 heavy (non-hydrogen) atoms. The second-order valence-electron chi connectivity index (χ2n) is 7.56. The Bertz CT molecular complexity index is 589. The van der Waals surface area contributed by atoms with Crippen molar-refractivity contribution in [2.45, 2.75) is 56.2 Å². The van der Waals surface area contributed by atoms with Crippen LogP contribution in [0, 0.1) is 0 Å². The molecular weight excluding hydrogens is 304 g/mol. The van der Waals surface area contributed by atoms with Gasteiger partial charge in [-0.25, -0.2) is 0 Å². The summed E-state index contributed by atoms with van der Waals surface area (Å²) < 4.78 is 6.22. The highest BCUT2D eigenvalue weighted by Gasteiger charge is 2.43. The SMILES string of the molecule is O=C(O)Cc1ccc(N2CCC3(CC2)CC(NC2CC2)CO3)cc1. The molecule has 0 amide bonds. The van der Waals surface area contributed by atoms with Crippen LogP contribution in [0.25, 0.3) is 0 Å². The van der Waals surface area contributed by atoms with E-state index in [9.17, 15) is 4.79 Å². The molecule has 1 spiro atoms. The second kappa shape index (κ2) is 6.37.